The minimum atomic E-state index is -0.758. The summed E-state index contributed by atoms with van der Waals surface area (Å²) in [6.07, 6.45) is 5.45. The summed E-state index contributed by atoms with van der Waals surface area (Å²) in [5, 5.41) is 5.58. The van der Waals surface area contributed by atoms with E-state index in [2.05, 4.69) is 10.6 Å². The molecule has 4 amide bonds. The van der Waals surface area contributed by atoms with Crippen LogP contribution >= 0.6 is 0 Å². The third kappa shape index (κ3) is 3.54. The monoisotopic (exact) mass is 295 g/mol. The van der Waals surface area contributed by atoms with Gasteiger partial charge in [-0.25, -0.2) is 4.79 Å². The van der Waals surface area contributed by atoms with Crippen molar-refractivity contribution in [3.8, 4) is 0 Å². The number of rotatable bonds is 4. The summed E-state index contributed by atoms with van der Waals surface area (Å²) in [6, 6.07) is -0.429. The first-order chi connectivity index (χ1) is 9.94. The van der Waals surface area contributed by atoms with Crippen LogP contribution in [0.5, 0.6) is 0 Å². The molecule has 2 fully saturated rings. The van der Waals surface area contributed by atoms with Crippen LogP contribution in [0, 0.1) is 5.92 Å². The number of amides is 4. The third-order valence-corrected chi connectivity index (χ3v) is 4.21. The molecular formula is C15H25N3O3. The first-order valence-electron chi connectivity index (χ1n) is 7.85. The second-order valence-electron chi connectivity index (χ2n) is 6.52. The number of carbonyl (C=O) groups excluding carboxylic acids is 3. The minimum absolute atomic E-state index is 0.181. The van der Waals surface area contributed by atoms with E-state index in [0.29, 0.717) is 25.3 Å². The van der Waals surface area contributed by atoms with E-state index in [1.54, 1.807) is 0 Å². The van der Waals surface area contributed by atoms with Crippen molar-refractivity contribution in [3.05, 3.63) is 0 Å². The summed E-state index contributed by atoms with van der Waals surface area (Å²) in [5.74, 6) is -0.169. The lowest BCUT2D eigenvalue weighted by Gasteiger charge is -2.24. The first kappa shape index (κ1) is 15.8. The van der Waals surface area contributed by atoms with Gasteiger partial charge in [0, 0.05) is 6.54 Å². The highest BCUT2D eigenvalue weighted by molar-refractivity contribution is 6.09. The van der Waals surface area contributed by atoms with E-state index >= 15 is 0 Å². The molecule has 0 atom stereocenters. The predicted octanol–water partition coefficient (Wildman–Crippen LogP) is 1.40. The number of hydrogen-bond donors (Lipinski definition) is 2. The van der Waals surface area contributed by atoms with Gasteiger partial charge in [0.05, 0.1) is 0 Å². The lowest BCUT2D eigenvalue weighted by Crippen LogP contribution is -2.47. The number of urea groups is 1. The second-order valence-corrected chi connectivity index (χ2v) is 6.52. The van der Waals surface area contributed by atoms with E-state index in [1.165, 1.54) is 0 Å². The molecule has 2 N–H and O–H groups in total. The molecule has 118 valence electrons. The number of hydrogen-bond acceptors (Lipinski definition) is 3. The Morgan fingerprint density at radius 3 is 2.43 bits per heavy atom. The Kier molecular flexibility index (Phi) is 4.85. The first-order valence-corrected chi connectivity index (χ1v) is 7.85. The average Bonchev–Trinajstić information content (AvgIpc) is 2.62. The van der Waals surface area contributed by atoms with Crippen LogP contribution < -0.4 is 10.6 Å². The summed E-state index contributed by atoms with van der Waals surface area (Å²) in [5.41, 5.74) is -0.758. The molecule has 6 heteroatoms. The Bertz CT molecular complexity index is 426. The molecule has 0 radical (unpaired) electrons. The van der Waals surface area contributed by atoms with Gasteiger partial charge in [0.1, 0.15) is 12.1 Å². The van der Waals surface area contributed by atoms with E-state index < -0.39 is 11.6 Å². The van der Waals surface area contributed by atoms with E-state index in [0.717, 1.165) is 30.6 Å². The van der Waals surface area contributed by atoms with Crippen molar-refractivity contribution in [1.29, 1.82) is 0 Å². The zero-order valence-corrected chi connectivity index (χ0v) is 12.9. The third-order valence-electron chi connectivity index (χ3n) is 4.21. The smallest absolute Gasteiger partial charge is 0.325 e. The maximum atomic E-state index is 12.6. The summed E-state index contributed by atoms with van der Waals surface area (Å²) < 4.78 is 0. The van der Waals surface area contributed by atoms with Crippen molar-refractivity contribution in [2.24, 2.45) is 5.92 Å². The Labute approximate surface area is 125 Å². The topological polar surface area (TPSA) is 78.5 Å². The van der Waals surface area contributed by atoms with Crippen LogP contribution in [0.25, 0.3) is 0 Å². The molecule has 0 aromatic carbocycles. The molecule has 1 aliphatic heterocycles. The zero-order chi connectivity index (χ0) is 15.5. The molecule has 2 rings (SSSR count). The number of nitrogens with one attached hydrogen (secondary N) is 2. The molecule has 21 heavy (non-hydrogen) atoms. The van der Waals surface area contributed by atoms with Gasteiger partial charge in [-0.2, -0.15) is 0 Å². The largest absolute Gasteiger partial charge is 0.354 e. The van der Waals surface area contributed by atoms with Crippen LogP contribution in [0.4, 0.5) is 4.79 Å². The van der Waals surface area contributed by atoms with Crippen molar-refractivity contribution in [2.75, 3.05) is 13.1 Å². The van der Waals surface area contributed by atoms with Gasteiger partial charge in [-0.3, -0.25) is 14.5 Å². The fraction of sp³-hybridized carbons (Fsp3) is 0.800. The summed E-state index contributed by atoms with van der Waals surface area (Å²) in [7, 11) is 0. The van der Waals surface area contributed by atoms with Gasteiger partial charge in [-0.15, -0.1) is 0 Å². The molecule has 1 saturated heterocycles. The normalized spacial score (nSPS) is 21.6. The van der Waals surface area contributed by atoms with Gasteiger partial charge in [-0.05, 0) is 18.8 Å². The maximum absolute atomic E-state index is 12.6. The van der Waals surface area contributed by atoms with Crippen molar-refractivity contribution < 1.29 is 14.4 Å². The van der Waals surface area contributed by atoms with Crippen LogP contribution in [0.2, 0.25) is 0 Å². The summed E-state index contributed by atoms with van der Waals surface area (Å²) >= 11 is 0. The van der Waals surface area contributed by atoms with Crippen molar-refractivity contribution in [2.45, 2.75) is 57.9 Å². The van der Waals surface area contributed by atoms with Crippen LogP contribution in [0.15, 0.2) is 0 Å². The van der Waals surface area contributed by atoms with Crippen LogP contribution in [0.1, 0.15) is 52.4 Å². The fourth-order valence-electron chi connectivity index (χ4n) is 3.01. The quantitative estimate of drug-likeness (QED) is 0.770. The molecular weight excluding hydrogens is 270 g/mol. The molecule has 1 heterocycles. The van der Waals surface area contributed by atoms with E-state index in [9.17, 15) is 14.4 Å². The molecule has 0 bridgehead atoms. The average molecular weight is 295 g/mol. The van der Waals surface area contributed by atoms with Gasteiger partial charge in [0.15, 0.2) is 0 Å². The summed E-state index contributed by atoms with van der Waals surface area (Å²) in [4.78, 5) is 37.6. The number of carbonyl (C=O) groups is 3. The predicted molar refractivity (Wildman–Crippen MR) is 78.5 cm³/mol. The van der Waals surface area contributed by atoms with E-state index in [1.807, 2.05) is 13.8 Å². The van der Waals surface area contributed by atoms with Crippen molar-refractivity contribution >= 4 is 17.8 Å². The Balaban J connectivity index is 1.99. The molecule has 0 aromatic rings. The second kappa shape index (κ2) is 6.45. The number of imide groups is 1. The molecule has 1 aliphatic carbocycles. The molecule has 2 aliphatic rings. The minimum Gasteiger partial charge on any atom is -0.354 e. The van der Waals surface area contributed by atoms with E-state index in [-0.39, 0.29) is 18.4 Å². The summed E-state index contributed by atoms with van der Waals surface area (Å²) in [6.45, 7) is 4.36. The molecule has 6 nitrogen and oxygen atoms in total. The number of nitrogens with zero attached hydrogens (tertiary/aromatic N) is 1. The fourth-order valence-corrected chi connectivity index (χ4v) is 3.01. The lowest BCUT2D eigenvalue weighted by atomic mass is 9.90. The van der Waals surface area contributed by atoms with Crippen LogP contribution in [-0.4, -0.2) is 41.4 Å². The van der Waals surface area contributed by atoms with Crippen molar-refractivity contribution in [1.82, 2.24) is 15.5 Å². The SMILES string of the molecule is CC(C)CNC(=O)CN1C(=O)NC2(CCCCCC2)C1=O. The Morgan fingerprint density at radius 2 is 1.86 bits per heavy atom. The molecule has 1 spiro atoms. The zero-order valence-electron chi connectivity index (χ0n) is 12.9. The van der Waals surface area contributed by atoms with E-state index in [4.69, 9.17) is 0 Å². The lowest BCUT2D eigenvalue weighted by molar-refractivity contribution is -0.135. The van der Waals surface area contributed by atoms with Gasteiger partial charge in [-0.1, -0.05) is 39.5 Å². The highest BCUT2D eigenvalue weighted by Crippen LogP contribution is 2.32. The van der Waals surface area contributed by atoms with Gasteiger partial charge < -0.3 is 10.6 Å². The van der Waals surface area contributed by atoms with Gasteiger partial charge in [0.2, 0.25) is 5.91 Å². The van der Waals surface area contributed by atoms with Gasteiger partial charge >= 0.3 is 6.03 Å². The molecule has 0 unspecified atom stereocenters. The maximum Gasteiger partial charge on any atom is 0.325 e. The van der Waals surface area contributed by atoms with Crippen molar-refractivity contribution in [3.63, 3.8) is 0 Å². The van der Waals surface area contributed by atoms with Crippen LogP contribution in [0.3, 0.4) is 0 Å². The molecule has 0 aromatic heterocycles. The Morgan fingerprint density at radius 1 is 1.24 bits per heavy atom. The van der Waals surface area contributed by atoms with Gasteiger partial charge in [0.25, 0.3) is 5.91 Å². The highest BCUT2D eigenvalue weighted by atomic mass is 16.2. The Hall–Kier alpha value is -1.59. The standard InChI is InChI=1S/C15H25N3O3/c1-11(2)9-16-12(19)10-18-13(20)15(17-14(18)21)7-5-3-4-6-8-15/h11H,3-10H2,1-2H3,(H,16,19)(H,17,21). The van der Waals surface area contributed by atoms with Crippen LogP contribution in [-0.2, 0) is 9.59 Å². The highest BCUT2D eigenvalue weighted by Gasteiger charge is 2.50. The molecule has 1 saturated carbocycles.